The number of ether oxygens (including phenoxy) is 2. The molecule has 0 aliphatic carbocycles. The maximum absolute atomic E-state index is 12.0. The monoisotopic (exact) mass is 562 g/mol. The Kier molecular flexibility index (Phi) is 8.81. The van der Waals surface area contributed by atoms with Crippen molar-refractivity contribution in [3.63, 3.8) is 0 Å². The van der Waals surface area contributed by atoms with Crippen LogP contribution in [0.5, 0.6) is 0 Å². The van der Waals surface area contributed by atoms with E-state index in [0.717, 1.165) is 12.3 Å². The second-order valence-corrected chi connectivity index (χ2v) is 10.4. The van der Waals surface area contributed by atoms with Crippen LogP contribution in [0.2, 0.25) is 0 Å². The van der Waals surface area contributed by atoms with Crippen molar-refractivity contribution in [2.75, 3.05) is 6.61 Å². The van der Waals surface area contributed by atoms with Crippen LogP contribution < -0.4 is 21.0 Å². The number of phosphoric acid groups is 2. The van der Waals surface area contributed by atoms with Crippen LogP contribution in [0.3, 0.4) is 0 Å². The average Bonchev–Trinajstić information content (AvgIpc) is 3.06. The van der Waals surface area contributed by atoms with Gasteiger partial charge in [-0.3, -0.25) is 28.0 Å². The highest BCUT2D eigenvalue weighted by Crippen LogP contribution is 2.57. The topological polar surface area (TPSA) is 299 Å². The van der Waals surface area contributed by atoms with Crippen LogP contribution in [0, 0.1) is 0 Å². The lowest BCUT2D eigenvalue weighted by molar-refractivity contribution is -0.296. The molecule has 0 spiro atoms. The highest BCUT2D eigenvalue weighted by Gasteiger charge is 2.47. The number of nitrogens with one attached hydrogen (secondary N) is 1. The number of aldehydes is 1. The zero-order valence-electron chi connectivity index (χ0n) is 17.6. The Hall–Kier alpha value is -1.67. The SMILES string of the molecule is O=C[C@H]1O[C@H](OP(=O)([O-])OP(=O)([O-])OCC2OC(n3ccc(=O)[nH]c3=O)C(O)C2O)[C@H](O)[C@@H](O)[C@H]1O. The molecule has 0 aromatic carbocycles. The molecule has 1 aromatic heterocycles. The van der Waals surface area contributed by atoms with E-state index in [2.05, 4.69) is 18.1 Å². The molecule has 6 unspecified atom stereocenters. The van der Waals surface area contributed by atoms with Crippen LogP contribution in [-0.4, -0.2) is 97.0 Å². The molecule has 204 valence electrons. The number of H-pyrrole nitrogens is 1. The van der Waals surface area contributed by atoms with Crippen molar-refractivity contribution < 1.29 is 72.1 Å². The number of carbonyl (C=O) groups excluding carboxylic acids is 1. The lowest BCUT2D eigenvalue weighted by atomic mass is 10.00. The standard InChI is InChI=1S/C15H22N2O17P2/c18-3-5-8(20)10(22)12(24)14(32-5)33-36(28,29)34-35(26,27)30-4-6-9(21)11(23)13(31-6)17-2-1-7(19)16-15(17)25/h1-3,5-6,8-14,20-24H,4H2,(H,26,27)(H,28,29)(H,16,19,25)/p-2/t5-,6?,8+,9?,10+,11?,12-,13?,14-/m1/s1. The predicted octanol–water partition coefficient (Wildman–Crippen LogP) is -5.85. The summed E-state index contributed by atoms with van der Waals surface area (Å²) in [6.07, 6.45) is -16.5. The van der Waals surface area contributed by atoms with Crippen molar-refractivity contribution in [1.82, 2.24) is 9.55 Å². The van der Waals surface area contributed by atoms with E-state index in [1.807, 2.05) is 4.98 Å². The van der Waals surface area contributed by atoms with Crippen LogP contribution in [0.4, 0.5) is 0 Å². The maximum atomic E-state index is 12.0. The summed E-state index contributed by atoms with van der Waals surface area (Å²) in [7, 11) is -11.8. The van der Waals surface area contributed by atoms with Gasteiger partial charge in [-0.2, -0.15) is 0 Å². The van der Waals surface area contributed by atoms with E-state index in [4.69, 9.17) is 4.74 Å². The third-order valence-corrected chi connectivity index (χ3v) is 7.56. The van der Waals surface area contributed by atoms with Gasteiger partial charge in [-0.05, 0) is 0 Å². The Morgan fingerprint density at radius 1 is 1.00 bits per heavy atom. The molecule has 11 atom stereocenters. The van der Waals surface area contributed by atoms with Crippen molar-refractivity contribution in [3.8, 4) is 0 Å². The quantitative estimate of drug-likeness (QED) is 0.121. The molecule has 36 heavy (non-hydrogen) atoms. The van der Waals surface area contributed by atoms with Crippen molar-refractivity contribution in [1.29, 1.82) is 0 Å². The summed E-state index contributed by atoms with van der Waals surface area (Å²) in [6, 6.07) is 0.906. The van der Waals surface area contributed by atoms with E-state index >= 15 is 0 Å². The molecule has 1 aromatic rings. The highest BCUT2D eigenvalue weighted by atomic mass is 31.3. The van der Waals surface area contributed by atoms with Crippen LogP contribution >= 0.6 is 15.6 Å². The summed E-state index contributed by atoms with van der Waals surface area (Å²) >= 11 is 0. The molecule has 6 N–H and O–H groups in total. The van der Waals surface area contributed by atoms with Crippen LogP contribution in [0.15, 0.2) is 21.9 Å². The molecule has 2 saturated heterocycles. The smallest absolute Gasteiger partial charge is 0.330 e. The molecule has 3 heterocycles. The lowest BCUT2D eigenvalue weighted by Gasteiger charge is -2.40. The third-order valence-electron chi connectivity index (χ3n) is 5.03. The molecule has 2 aliphatic rings. The van der Waals surface area contributed by atoms with Crippen LogP contribution in [0.1, 0.15) is 6.23 Å². The van der Waals surface area contributed by atoms with Gasteiger partial charge >= 0.3 is 5.69 Å². The summed E-state index contributed by atoms with van der Waals surface area (Å²) in [5, 5.41) is 49.1. The molecule has 3 rings (SSSR count). The average molecular weight is 562 g/mol. The van der Waals surface area contributed by atoms with Crippen molar-refractivity contribution in [2.45, 2.75) is 55.2 Å². The summed E-state index contributed by atoms with van der Waals surface area (Å²) in [6.45, 7) is -1.13. The number of rotatable bonds is 9. The maximum Gasteiger partial charge on any atom is 0.330 e. The molecule has 0 bridgehead atoms. The van der Waals surface area contributed by atoms with Gasteiger partial charge in [-0.25, -0.2) is 9.11 Å². The number of hydrogen-bond donors (Lipinski definition) is 6. The zero-order valence-corrected chi connectivity index (χ0v) is 19.4. The Balaban J connectivity index is 1.62. The Morgan fingerprint density at radius 2 is 1.67 bits per heavy atom. The molecule has 0 amide bonds. The minimum absolute atomic E-state index is 0.0376. The number of nitrogens with zero attached hydrogens (tertiary/aromatic N) is 1. The highest BCUT2D eigenvalue weighted by molar-refractivity contribution is 7.59. The van der Waals surface area contributed by atoms with E-state index in [1.54, 1.807) is 0 Å². The number of aliphatic hydroxyl groups is 5. The first-order valence-corrected chi connectivity index (χ1v) is 12.7. The molecule has 2 fully saturated rings. The third kappa shape index (κ3) is 6.42. The van der Waals surface area contributed by atoms with E-state index in [1.165, 1.54) is 0 Å². The second kappa shape index (κ2) is 11.0. The van der Waals surface area contributed by atoms with Gasteiger partial charge in [0.05, 0.1) is 6.61 Å². The first-order valence-electron chi connectivity index (χ1n) is 9.80. The number of aromatic nitrogens is 2. The van der Waals surface area contributed by atoms with E-state index in [-0.39, 0.29) is 6.29 Å². The summed E-state index contributed by atoms with van der Waals surface area (Å²) in [4.78, 5) is 59.7. The Bertz CT molecular complexity index is 1160. The second-order valence-electron chi connectivity index (χ2n) is 7.52. The summed E-state index contributed by atoms with van der Waals surface area (Å²) in [5.74, 6) is 0. The Morgan fingerprint density at radius 3 is 2.28 bits per heavy atom. The van der Waals surface area contributed by atoms with Gasteiger partial charge in [0.2, 0.25) is 0 Å². The minimum atomic E-state index is -5.94. The largest absolute Gasteiger partial charge is 0.756 e. The van der Waals surface area contributed by atoms with Crippen molar-refractivity contribution >= 4 is 21.9 Å². The molecular formula is C15H20N2O17P2-2. The summed E-state index contributed by atoms with van der Waals surface area (Å²) < 4.78 is 46.9. The summed E-state index contributed by atoms with van der Waals surface area (Å²) in [5.41, 5.74) is -1.79. The van der Waals surface area contributed by atoms with E-state index < -0.39 is 88.7 Å². The lowest BCUT2D eigenvalue weighted by Crippen LogP contribution is -2.58. The fourth-order valence-electron chi connectivity index (χ4n) is 3.25. The van der Waals surface area contributed by atoms with Gasteiger partial charge in [-0.15, -0.1) is 0 Å². The molecular weight excluding hydrogens is 542 g/mol. The van der Waals surface area contributed by atoms with E-state index in [0.29, 0.717) is 4.57 Å². The number of carbonyl (C=O) groups is 1. The molecule has 0 radical (unpaired) electrons. The van der Waals surface area contributed by atoms with Gasteiger partial charge in [0.1, 0.15) is 42.7 Å². The van der Waals surface area contributed by atoms with Crippen molar-refractivity contribution in [3.05, 3.63) is 33.1 Å². The fraction of sp³-hybridized carbons (Fsp3) is 0.667. The Labute approximate surface area is 199 Å². The van der Waals surface area contributed by atoms with Gasteiger partial charge < -0.3 is 54.1 Å². The fourth-order valence-corrected chi connectivity index (χ4v) is 5.34. The predicted molar refractivity (Wildman–Crippen MR) is 103 cm³/mol. The van der Waals surface area contributed by atoms with Crippen LogP contribution in [-0.2, 0) is 36.8 Å². The number of aromatic amines is 1. The van der Waals surface area contributed by atoms with Gasteiger partial charge in [-0.1, -0.05) is 0 Å². The molecule has 19 nitrogen and oxygen atoms in total. The van der Waals surface area contributed by atoms with Gasteiger partial charge in [0.15, 0.2) is 18.8 Å². The molecule has 21 heteroatoms. The number of hydrogen-bond acceptors (Lipinski definition) is 17. The number of phosphoric ester groups is 2. The van der Waals surface area contributed by atoms with Gasteiger partial charge in [0, 0.05) is 12.3 Å². The zero-order chi connectivity index (χ0) is 27.0. The first kappa shape index (κ1) is 28.9. The normalized spacial score (nSPS) is 38.2. The minimum Gasteiger partial charge on any atom is -0.756 e. The van der Waals surface area contributed by atoms with Gasteiger partial charge in [0.25, 0.3) is 21.2 Å². The van der Waals surface area contributed by atoms with Crippen molar-refractivity contribution in [2.24, 2.45) is 0 Å². The number of aliphatic hydroxyl groups excluding tert-OH is 5. The first-order chi connectivity index (χ1) is 16.7. The molecule has 2 aliphatic heterocycles. The van der Waals surface area contributed by atoms with Crippen LogP contribution in [0.25, 0.3) is 0 Å². The molecule has 0 saturated carbocycles. The van der Waals surface area contributed by atoms with E-state index in [9.17, 15) is 58.8 Å².